The third kappa shape index (κ3) is 3.79. The molecule has 0 saturated heterocycles. The summed E-state index contributed by atoms with van der Waals surface area (Å²) in [5.74, 6) is -0.308. The van der Waals surface area contributed by atoms with E-state index in [9.17, 15) is 4.79 Å². The molecule has 0 radical (unpaired) electrons. The fourth-order valence-electron chi connectivity index (χ4n) is 3.00. The van der Waals surface area contributed by atoms with Crippen LogP contribution in [0.25, 0.3) is 0 Å². The highest BCUT2D eigenvalue weighted by Crippen LogP contribution is 2.33. The van der Waals surface area contributed by atoms with Crippen molar-refractivity contribution in [2.45, 2.75) is 50.6 Å². The van der Waals surface area contributed by atoms with E-state index in [0.717, 1.165) is 22.9 Å². The topological polar surface area (TPSA) is 38.3 Å². The van der Waals surface area contributed by atoms with Crippen LogP contribution in [-0.2, 0) is 15.1 Å². The minimum Gasteiger partial charge on any atom is -0.467 e. The van der Waals surface area contributed by atoms with Crippen LogP contribution in [0.5, 0.6) is 0 Å². The molecule has 0 bridgehead atoms. The van der Waals surface area contributed by atoms with E-state index in [2.05, 4.69) is 21.2 Å². The lowest BCUT2D eigenvalue weighted by Crippen LogP contribution is -2.52. The zero-order valence-corrected chi connectivity index (χ0v) is 14.8. The molecule has 0 heterocycles. The minimum absolute atomic E-state index is 0.308. The van der Waals surface area contributed by atoms with Gasteiger partial charge in [0.1, 0.15) is 5.54 Å². The van der Waals surface area contributed by atoms with Crippen LogP contribution in [0.1, 0.15) is 44.6 Å². The van der Waals surface area contributed by atoms with Crippen molar-refractivity contribution in [3.05, 3.63) is 33.3 Å². The van der Waals surface area contributed by atoms with Crippen molar-refractivity contribution in [1.82, 2.24) is 5.32 Å². The molecule has 116 valence electrons. The Labute approximate surface area is 139 Å². The number of halogens is 2. The van der Waals surface area contributed by atoms with Gasteiger partial charge < -0.3 is 4.74 Å². The van der Waals surface area contributed by atoms with Crippen LogP contribution >= 0.6 is 27.5 Å². The molecule has 1 saturated carbocycles. The molecule has 0 spiro atoms. The molecule has 1 N–H and O–H groups in total. The number of benzene rings is 1. The van der Waals surface area contributed by atoms with E-state index < -0.39 is 5.54 Å². The molecular formula is C16H21BrClNO2. The van der Waals surface area contributed by atoms with E-state index in [1.807, 2.05) is 19.1 Å². The molecule has 1 aromatic rings. The zero-order chi connectivity index (χ0) is 15.5. The summed E-state index contributed by atoms with van der Waals surface area (Å²) in [6, 6.07) is 5.90. The van der Waals surface area contributed by atoms with Crippen LogP contribution in [0.2, 0.25) is 5.02 Å². The molecule has 21 heavy (non-hydrogen) atoms. The van der Waals surface area contributed by atoms with Gasteiger partial charge in [0.15, 0.2) is 0 Å². The SMILES string of the molecule is COC(=O)C(C)(NC1CCCCC1)c1ccc(Br)cc1Cl. The standard InChI is InChI=1S/C16H21BrClNO2/c1-16(15(20)21-2,19-12-6-4-3-5-7-12)13-9-8-11(17)10-14(13)18/h8-10,12,19H,3-7H2,1-2H3. The summed E-state index contributed by atoms with van der Waals surface area (Å²) in [4.78, 5) is 12.4. The molecule has 0 amide bonds. The first kappa shape index (κ1) is 16.8. The lowest BCUT2D eigenvalue weighted by molar-refractivity contribution is -0.148. The Morgan fingerprint density at radius 1 is 1.38 bits per heavy atom. The van der Waals surface area contributed by atoms with Crippen molar-refractivity contribution < 1.29 is 9.53 Å². The van der Waals surface area contributed by atoms with Crippen LogP contribution in [0, 0.1) is 0 Å². The average Bonchev–Trinajstić information content (AvgIpc) is 2.47. The number of hydrogen-bond acceptors (Lipinski definition) is 3. The summed E-state index contributed by atoms with van der Waals surface area (Å²) in [5, 5.41) is 4.04. The predicted octanol–water partition coefficient (Wildman–Crippen LogP) is 4.41. The largest absolute Gasteiger partial charge is 0.467 e. The molecule has 5 heteroatoms. The van der Waals surface area contributed by atoms with Crippen LogP contribution in [0.15, 0.2) is 22.7 Å². The summed E-state index contributed by atoms with van der Waals surface area (Å²) in [5.41, 5.74) is -0.168. The Bertz CT molecular complexity index is 517. The van der Waals surface area contributed by atoms with Crippen LogP contribution < -0.4 is 5.32 Å². The van der Waals surface area contributed by atoms with Gasteiger partial charge in [-0.25, -0.2) is 4.79 Å². The van der Waals surface area contributed by atoms with Gasteiger partial charge in [0.2, 0.25) is 0 Å². The number of carbonyl (C=O) groups excluding carboxylic acids is 1. The summed E-state index contributed by atoms with van der Waals surface area (Å²) in [7, 11) is 1.41. The first-order valence-corrected chi connectivity index (χ1v) is 8.46. The van der Waals surface area contributed by atoms with Gasteiger partial charge in [0.25, 0.3) is 0 Å². The molecule has 0 aliphatic heterocycles. The van der Waals surface area contributed by atoms with Crippen LogP contribution in [0.4, 0.5) is 0 Å². The van der Waals surface area contributed by atoms with Gasteiger partial charge in [-0.1, -0.05) is 52.9 Å². The van der Waals surface area contributed by atoms with E-state index in [1.165, 1.54) is 26.4 Å². The second-order valence-corrected chi connectivity index (χ2v) is 7.04. The second kappa shape index (κ2) is 7.12. The number of esters is 1. The van der Waals surface area contributed by atoms with E-state index in [4.69, 9.17) is 16.3 Å². The molecule has 1 aliphatic carbocycles. The van der Waals surface area contributed by atoms with Crippen molar-refractivity contribution in [2.75, 3.05) is 7.11 Å². The maximum absolute atomic E-state index is 12.4. The lowest BCUT2D eigenvalue weighted by Gasteiger charge is -2.35. The number of hydrogen-bond donors (Lipinski definition) is 1. The fourth-order valence-corrected chi connectivity index (χ4v) is 3.86. The first-order valence-electron chi connectivity index (χ1n) is 7.29. The van der Waals surface area contributed by atoms with Gasteiger partial charge in [-0.15, -0.1) is 0 Å². The fraction of sp³-hybridized carbons (Fsp3) is 0.562. The highest BCUT2D eigenvalue weighted by Gasteiger charge is 2.40. The third-order valence-corrected chi connectivity index (χ3v) is 4.97. The van der Waals surface area contributed by atoms with Gasteiger partial charge in [-0.3, -0.25) is 5.32 Å². The van der Waals surface area contributed by atoms with Gasteiger partial charge >= 0.3 is 5.97 Å². The van der Waals surface area contributed by atoms with E-state index >= 15 is 0 Å². The molecule has 1 aromatic carbocycles. The molecule has 0 aromatic heterocycles. The number of ether oxygens (including phenoxy) is 1. The van der Waals surface area contributed by atoms with Gasteiger partial charge in [0, 0.05) is 21.1 Å². The second-order valence-electron chi connectivity index (χ2n) is 5.72. The molecular weight excluding hydrogens is 354 g/mol. The van der Waals surface area contributed by atoms with E-state index in [0.29, 0.717) is 11.1 Å². The summed E-state index contributed by atoms with van der Waals surface area (Å²) in [6.07, 6.45) is 5.83. The quantitative estimate of drug-likeness (QED) is 0.793. The Morgan fingerprint density at radius 2 is 2.05 bits per heavy atom. The van der Waals surface area contributed by atoms with Crippen molar-refractivity contribution in [1.29, 1.82) is 0 Å². The summed E-state index contributed by atoms with van der Waals surface area (Å²) in [6.45, 7) is 1.85. The van der Waals surface area contributed by atoms with Gasteiger partial charge in [-0.05, 0) is 31.9 Å². The van der Waals surface area contributed by atoms with Crippen molar-refractivity contribution >= 4 is 33.5 Å². The monoisotopic (exact) mass is 373 g/mol. The normalized spacial score (nSPS) is 19.0. The lowest BCUT2D eigenvalue weighted by atomic mass is 9.87. The Kier molecular flexibility index (Phi) is 5.69. The van der Waals surface area contributed by atoms with Gasteiger partial charge in [-0.2, -0.15) is 0 Å². The Morgan fingerprint density at radius 3 is 2.62 bits per heavy atom. The summed E-state index contributed by atoms with van der Waals surface area (Å²) >= 11 is 9.75. The first-order chi connectivity index (χ1) is 9.97. The minimum atomic E-state index is -0.922. The smallest absolute Gasteiger partial charge is 0.330 e. The summed E-state index contributed by atoms with van der Waals surface area (Å²) < 4.78 is 5.91. The van der Waals surface area contributed by atoms with Crippen molar-refractivity contribution in [3.8, 4) is 0 Å². The van der Waals surface area contributed by atoms with Crippen molar-refractivity contribution in [3.63, 3.8) is 0 Å². The van der Waals surface area contributed by atoms with Crippen molar-refractivity contribution in [2.24, 2.45) is 0 Å². The zero-order valence-electron chi connectivity index (χ0n) is 12.4. The number of methoxy groups -OCH3 is 1. The van der Waals surface area contributed by atoms with Crippen LogP contribution in [0.3, 0.4) is 0 Å². The molecule has 1 unspecified atom stereocenters. The predicted molar refractivity (Wildman–Crippen MR) is 88.5 cm³/mol. The number of nitrogens with one attached hydrogen (secondary N) is 1. The molecule has 1 aliphatic rings. The van der Waals surface area contributed by atoms with Crippen LogP contribution in [-0.4, -0.2) is 19.1 Å². The highest BCUT2D eigenvalue weighted by atomic mass is 79.9. The Balaban J connectivity index is 2.33. The molecule has 3 nitrogen and oxygen atoms in total. The average molecular weight is 375 g/mol. The maximum Gasteiger partial charge on any atom is 0.330 e. The Hall–Kier alpha value is -0.580. The van der Waals surface area contributed by atoms with E-state index in [-0.39, 0.29) is 5.97 Å². The van der Waals surface area contributed by atoms with Gasteiger partial charge in [0.05, 0.1) is 7.11 Å². The molecule has 1 fully saturated rings. The highest BCUT2D eigenvalue weighted by molar-refractivity contribution is 9.10. The number of rotatable bonds is 4. The molecule has 1 atom stereocenters. The third-order valence-electron chi connectivity index (χ3n) is 4.16. The molecule has 2 rings (SSSR count). The maximum atomic E-state index is 12.4. The van der Waals surface area contributed by atoms with E-state index in [1.54, 1.807) is 6.07 Å². The number of carbonyl (C=O) groups is 1.